The van der Waals surface area contributed by atoms with Gasteiger partial charge in [-0.05, 0) is 17.7 Å². The van der Waals surface area contributed by atoms with Crippen molar-refractivity contribution in [1.82, 2.24) is 20.2 Å². The largest absolute Gasteiger partial charge is 0.384 e. The van der Waals surface area contributed by atoms with E-state index in [1.807, 2.05) is 26.0 Å². The van der Waals surface area contributed by atoms with Gasteiger partial charge in [-0.3, -0.25) is 9.69 Å². The van der Waals surface area contributed by atoms with Crippen molar-refractivity contribution in [1.29, 1.82) is 0 Å². The van der Waals surface area contributed by atoms with Gasteiger partial charge in [0.25, 0.3) is 5.91 Å². The number of rotatable bonds is 4. The van der Waals surface area contributed by atoms with Crippen LogP contribution in [-0.2, 0) is 6.54 Å². The van der Waals surface area contributed by atoms with Gasteiger partial charge in [-0.1, -0.05) is 13.8 Å². The molecule has 0 radical (unpaired) electrons. The van der Waals surface area contributed by atoms with Gasteiger partial charge in [-0.15, -0.1) is 0 Å². The van der Waals surface area contributed by atoms with Crippen LogP contribution in [0, 0.1) is 5.82 Å². The summed E-state index contributed by atoms with van der Waals surface area (Å²) in [5, 5.41) is 2.38. The van der Waals surface area contributed by atoms with Crippen LogP contribution in [0.15, 0.2) is 30.6 Å². The summed E-state index contributed by atoms with van der Waals surface area (Å²) in [6, 6.07) is 5.21. The van der Waals surface area contributed by atoms with E-state index >= 15 is 0 Å². The topological polar surface area (TPSA) is 87.4 Å². The minimum absolute atomic E-state index is 0.180. The van der Waals surface area contributed by atoms with Crippen molar-refractivity contribution >= 4 is 17.4 Å². The number of nitrogens with two attached hydrogens (primary N) is 1. The third-order valence-electron chi connectivity index (χ3n) is 4.26. The minimum atomic E-state index is -0.605. The zero-order valence-electron chi connectivity index (χ0n) is 16.1. The Balaban J connectivity index is 0.00000126. The fraction of sp³-hybridized carbons (Fsp3) is 0.421. The zero-order valence-corrected chi connectivity index (χ0v) is 16.1. The Hall–Kier alpha value is -2.74. The number of carbonyl (C=O) groups excluding carboxylic acids is 1. The molecule has 3 rings (SSSR count). The molecule has 3 heterocycles. The van der Waals surface area contributed by atoms with Gasteiger partial charge in [0, 0.05) is 52.0 Å². The predicted molar refractivity (Wildman–Crippen MR) is 105 cm³/mol. The Kier molecular flexibility index (Phi) is 7.48. The highest BCUT2D eigenvalue weighted by Gasteiger charge is 2.20. The highest BCUT2D eigenvalue weighted by molar-refractivity contribution is 5.92. The number of nitrogens with one attached hydrogen (secondary N) is 1. The van der Waals surface area contributed by atoms with Crippen molar-refractivity contribution in [3.05, 3.63) is 47.7 Å². The second kappa shape index (κ2) is 9.82. The average Bonchev–Trinajstić information content (AvgIpc) is 2.69. The van der Waals surface area contributed by atoms with Crippen LogP contribution in [0.2, 0.25) is 0 Å². The summed E-state index contributed by atoms with van der Waals surface area (Å²) in [6.45, 7) is 8.03. The number of halogens is 1. The van der Waals surface area contributed by atoms with Gasteiger partial charge in [-0.25, -0.2) is 14.4 Å². The molecule has 1 saturated heterocycles. The molecule has 2 aromatic heterocycles. The van der Waals surface area contributed by atoms with E-state index in [0.29, 0.717) is 11.5 Å². The highest BCUT2D eigenvalue weighted by atomic mass is 19.1. The van der Waals surface area contributed by atoms with Gasteiger partial charge in [0.05, 0.1) is 11.9 Å². The van der Waals surface area contributed by atoms with Gasteiger partial charge >= 0.3 is 0 Å². The summed E-state index contributed by atoms with van der Waals surface area (Å²) in [5.41, 5.74) is 7.35. The number of anilines is 2. The fourth-order valence-electron chi connectivity index (χ4n) is 2.90. The normalized spacial score (nSPS) is 14.3. The van der Waals surface area contributed by atoms with Gasteiger partial charge in [0.1, 0.15) is 5.82 Å². The fourth-order valence-corrected chi connectivity index (χ4v) is 2.90. The van der Waals surface area contributed by atoms with Crippen molar-refractivity contribution in [3.63, 3.8) is 0 Å². The first-order valence-corrected chi connectivity index (χ1v) is 9.12. The molecule has 7 nitrogen and oxygen atoms in total. The standard InChI is InChI=1S/C17H21FN6O.C2H6/c1-20-17(25)16-14(18)9-13(10-22-16)24-6-4-23(5-7-24)11-12-2-3-21-15(19)8-12;1-2/h2-3,8-10H,4-7,11H2,1H3,(H2,19,21)(H,20,25);1-2H3. The highest BCUT2D eigenvalue weighted by Crippen LogP contribution is 2.19. The molecule has 0 aliphatic carbocycles. The number of amides is 1. The maximum Gasteiger partial charge on any atom is 0.272 e. The van der Waals surface area contributed by atoms with Crippen LogP contribution >= 0.6 is 0 Å². The summed E-state index contributed by atoms with van der Waals surface area (Å²) in [5.74, 6) is -0.606. The third kappa shape index (κ3) is 5.37. The van der Waals surface area contributed by atoms with E-state index in [1.165, 1.54) is 13.1 Å². The SMILES string of the molecule is CC.CNC(=O)c1ncc(N2CCN(Cc3ccnc(N)c3)CC2)cc1F. The lowest BCUT2D eigenvalue weighted by Gasteiger charge is -2.36. The van der Waals surface area contributed by atoms with Gasteiger partial charge in [0.2, 0.25) is 0 Å². The molecule has 1 amide bonds. The molecule has 0 spiro atoms. The van der Waals surface area contributed by atoms with E-state index in [2.05, 4.69) is 25.1 Å². The molecule has 0 aromatic carbocycles. The molecule has 2 aromatic rings. The van der Waals surface area contributed by atoms with Crippen molar-refractivity contribution in [3.8, 4) is 0 Å². The maximum atomic E-state index is 14.1. The minimum Gasteiger partial charge on any atom is -0.384 e. The predicted octanol–water partition coefficient (Wildman–Crippen LogP) is 1.91. The number of piperazine rings is 1. The summed E-state index contributed by atoms with van der Waals surface area (Å²) in [4.78, 5) is 23.9. The summed E-state index contributed by atoms with van der Waals surface area (Å²) >= 11 is 0. The maximum absolute atomic E-state index is 14.1. The number of hydrogen-bond acceptors (Lipinski definition) is 6. The molecular formula is C19H27FN6O. The first-order valence-electron chi connectivity index (χ1n) is 9.12. The molecular weight excluding hydrogens is 347 g/mol. The monoisotopic (exact) mass is 374 g/mol. The van der Waals surface area contributed by atoms with Crippen LogP contribution in [-0.4, -0.2) is 54.0 Å². The zero-order chi connectivity index (χ0) is 19.8. The van der Waals surface area contributed by atoms with Crippen molar-refractivity contribution in [2.75, 3.05) is 43.9 Å². The van der Waals surface area contributed by atoms with Crippen LogP contribution in [0.25, 0.3) is 0 Å². The smallest absolute Gasteiger partial charge is 0.272 e. The molecule has 0 atom stereocenters. The molecule has 1 aliphatic rings. The van der Waals surface area contributed by atoms with Crippen LogP contribution in [0.5, 0.6) is 0 Å². The van der Waals surface area contributed by atoms with Gasteiger partial charge < -0.3 is 16.0 Å². The quantitative estimate of drug-likeness (QED) is 0.850. The average molecular weight is 374 g/mol. The molecule has 1 aliphatic heterocycles. The lowest BCUT2D eigenvalue weighted by Crippen LogP contribution is -2.46. The van der Waals surface area contributed by atoms with Gasteiger partial charge in [0.15, 0.2) is 11.5 Å². The van der Waals surface area contributed by atoms with E-state index < -0.39 is 11.7 Å². The first-order chi connectivity index (χ1) is 13.1. The molecule has 0 bridgehead atoms. The van der Waals surface area contributed by atoms with Crippen LogP contribution in [0.4, 0.5) is 15.9 Å². The Morgan fingerprint density at radius 1 is 1.22 bits per heavy atom. The Morgan fingerprint density at radius 2 is 1.93 bits per heavy atom. The molecule has 27 heavy (non-hydrogen) atoms. The van der Waals surface area contributed by atoms with Crippen LogP contribution in [0.3, 0.4) is 0 Å². The number of pyridine rings is 2. The van der Waals surface area contributed by atoms with E-state index in [0.717, 1.165) is 38.3 Å². The van der Waals surface area contributed by atoms with Gasteiger partial charge in [-0.2, -0.15) is 0 Å². The molecule has 146 valence electrons. The van der Waals surface area contributed by atoms with Crippen molar-refractivity contribution in [2.45, 2.75) is 20.4 Å². The van der Waals surface area contributed by atoms with E-state index in [4.69, 9.17) is 5.73 Å². The first kappa shape index (κ1) is 20.6. The van der Waals surface area contributed by atoms with Crippen LogP contribution in [0.1, 0.15) is 29.9 Å². The summed E-state index contributed by atoms with van der Waals surface area (Å²) in [6.07, 6.45) is 3.26. The molecule has 8 heteroatoms. The lowest BCUT2D eigenvalue weighted by atomic mass is 10.2. The summed E-state index contributed by atoms with van der Waals surface area (Å²) in [7, 11) is 1.45. The molecule has 0 saturated carbocycles. The Labute approximate surface area is 159 Å². The molecule has 3 N–H and O–H groups in total. The number of nitrogens with zero attached hydrogens (tertiary/aromatic N) is 4. The van der Waals surface area contributed by atoms with E-state index in [9.17, 15) is 9.18 Å². The van der Waals surface area contributed by atoms with Crippen LogP contribution < -0.4 is 16.0 Å². The van der Waals surface area contributed by atoms with E-state index in [1.54, 1.807) is 12.4 Å². The van der Waals surface area contributed by atoms with Crippen molar-refractivity contribution in [2.24, 2.45) is 0 Å². The Morgan fingerprint density at radius 3 is 2.52 bits per heavy atom. The lowest BCUT2D eigenvalue weighted by molar-refractivity contribution is 0.0953. The number of carbonyl (C=O) groups is 1. The number of hydrogen-bond donors (Lipinski definition) is 2. The second-order valence-corrected chi connectivity index (χ2v) is 5.96. The van der Waals surface area contributed by atoms with Crippen molar-refractivity contribution < 1.29 is 9.18 Å². The second-order valence-electron chi connectivity index (χ2n) is 5.96. The molecule has 0 unspecified atom stereocenters. The molecule has 1 fully saturated rings. The summed E-state index contributed by atoms with van der Waals surface area (Å²) < 4.78 is 14.1. The third-order valence-corrected chi connectivity index (χ3v) is 4.26. The van der Waals surface area contributed by atoms with E-state index in [-0.39, 0.29) is 5.69 Å². The Bertz CT molecular complexity index is 762. The number of nitrogen functional groups attached to an aromatic ring is 1. The number of aromatic nitrogens is 2.